The maximum Gasteiger partial charge on any atom is 0.303 e. The van der Waals surface area contributed by atoms with Crippen molar-refractivity contribution in [3.05, 3.63) is 40.9 Å². The van der Waals surface area contributed by atoms with Crippen molar-refractivity contribution in [1.82, 2.24) is 15.1 Å². The van der Waals surface area contributed by atoms with Gasteiger partial charge in [0.05, 0.1) is 5.56 Å². The number of carboxylic acid groups (broad SMARTS) is 1. The number of anilines is 1. The average molecular weight is 439 g/mol. The molecular weight excluding hydrogens is 404 g/mol. The fraction of sp³-hybridized carbons (Fsp3) is 0.520. The molecule has 1 unspecified atom stereocenters. The fourth-order valence-electron chi connectivity index (χ4n) is 4.47. The number of aliphatic carboxylic acids is 1. The molecule has 0 fully saturated rings. The van der Waals surface area contributed by atoms with Crippen LogP contribution in [-0.2, 0) is 11.2 Å². The first-order chi connectivity index (χ1) is 15.4. The van der Waals surface area contributed by atoms with Crippen LogP contribution in [0.1, 0.15) is 71.7 Å². The molecule has 32 heavy (non-hydrogen) atoms. The number of carboxylic acids is 1. The highest BCUT2D eigenvalue weighted by molar-refractivity contribution is 5.69. The maximum atomic E-state index is 11.0. The van der Waals surface area contributed by atoms with E-state index < -0.39 is 5.97 Å². The number of aromatic nitrogens is 3. The van der Waals surface area contributed by atoms with Crippen LogP contribution >= 0.6 is 0 Å². The minimum atomic E-state index is -0.759. The second kappa shape index (κ2) is 10.6. The van der Waals surface area contributed by atoms with E-state index in [1.807, 2.05) is 13.1 Å². The molecule has 172 valence electrons. The Kier molecular flexibility index (Phi) is 7.83. The van der Waals surface area contributed by atoms with Crippen LogP contribution in [0.25, 0.3) is 17.0 Å². The molecule has 1 aliphatic rings. The number of rotatable bonds is 10. The van der Waals surface area contributed by atoms with E-state index in [1.165, 1.54) is 5.57 Å². The van der Waals surface area contributed by atoms with Crippen molar-refractivity contribution in [3.63, 3.8) is 0 Å². The first-order valence-corrected chi connectivity index (χ1v) is 11.6. The van der Waals surface area contributed by atoms with Crippen LogP contribution in [0.4, 0.5) is 5.82 Å². The summed E-state index contributed by atoms with van der Waals surface area (Å²) in [6.07, 6.45) is 7.26. The molecule has 2 aromatic heterocycles. The monoisotopic (exact) mass is 438 g/mol. The molecule has 0 aliphatic heterocycles. The first-order valence-electron chi connectivity index (χ1n) is 11.6. The average Bonchev–Trinajstić information content (AvgIpc) is 3.29. The number of allylic oxidation sites excluding steroid dienone is 4. The quantitative estimate of drug-likeness (QED) is 0.521. The summed E-state index contributed by atoms with van der Waals surface area (Å²) in [5.41, 5.74) is 5.37. The van der Waals surface area contributed by atoms with Crippen LogP contribution in [0, 0.1) is 5.92 Å². The van der Waals surface area contributed by atoms with Gasteiger partial charge in [0.15, 0.2) is 5.82 Å². The largest absolute Gasteiger partial charge is 0.481 e. The number of aryl methyl sites for hydroxylation is 1. The summed E-state index contributed by atoms with van der Waals surface area (Å²) in [6, 6.07) is 2.09. The molecule has 0 radical (unpaired) electrons. The normalized spacial score (nSPS) is 16.3. The van der Waals surface area contributed by atoms with Crippen LogP contribution in [-0.4, -0.2) is 39.3 Å². The smallest absolute Gasteiger partial charge is 0.303 e. The molecule has 2 heterocycles. The SMILES string of the molecule is CCc1cc(-c2nc(C3=CC(C)=C(CCC(=O)O)C(CC)C3)no2)cnc1N(CC)CC. The second-order valence-corrected chi connectivity index (χ2v) is 8.24. The van der Waals surface area contributed by atoms with Gasteiger partial charge in [-0.1, -0.05) is 36.2 Å². The van der Waals surface area contributed by atoms with E-state index in [-0.39, 0.29) is 6.42 Å². The van der Waals surface area contributed by atoms with Crippen molar-refractivity contribution < 1.29 is 14.4 Å². The molecule has 7 heteroatoms. The van der Waals surface area contributed by atoms with Crippen LogP contribution < -0.4 is 4.90 Å². The summed E-state index contributed by atoms with van der Waals surface area (Å²) in [5.74, 6) is 1.63. The Morgan fingerprint density at radius 1 is 1.25 bits per heavy atom. The van der Waals surface area contributed by atoms with Gasteiger partial charge in [0.2, 0.25) is 0 Å². The zero-order valence-corrected chi connectivity index (χ0v) is 19.8. The molecule has 1 N–H and O–H groups in total. The van der Waals surface area contributed by atoms with E-state index in [4.69, 9.17) is 14.6 Å². The first kappa shape index (κ1) is 23.7. The lowest BCUT2D eigenvalue weighted by Gasteiger charge is -2.25. The van der Waals surface area contributed by atoms with Crippen molar-refractivity contribution >= 4 is 17.4 Å². The molecule has 1 aliphatic carbocycles. The predicted molar refractivity (Wildman–Crippen MR) is 126 cm³/mol. The van der Waals surface area contributed by atoms with E-state index >= 15 is 0 Å². The Bertz CT molecular complexity index is 1020. The Morgan fingerprint density at radius 3 is 2.62 bits per heavy atom. The third kappa shape index (κ3) is 5.09. The van der Waals surface area contributed by atoms with E-state index in [9.17, 15) is 4.79 Å². The summed E-state index contributed by atoms with van der Waals surface area (Å²) in [6.45, 7) is 12.4. The topological polar surface area (TPSA) is 92.3 Å². The maximum absolute atomic E-state index is 11.0. The minimum Gasteiger partial charge on any atom is -0.481 e. The van der Waals surface area contributed by atoms with Crippen molar-refractivity contribution in [2.75, 3.05) is 18.0 Å². The van der Waals surface area contributed by atoms with Gasteiger partial charge in [0.1, 0.15) is 5.82 Å². The van der Waals surface area contributed by atoms with Gasteiger partial charge in [-0.15, -0.1) is 0 Å². The molecule has 0 saturated carbocycles. The van der Waals surface area contributed by atoms with Gasteiger partial charge in [0, 0.05) is 31.3 Å². The van der Waals surface area contributed by atoms with E-state index in [0.717, 1.165) is 60.4 Å². The van der Waals surface area contributed by atoms with E-state index in [2.05, 4.69) is 54.9 Å². The molecule has 7 nitrogen and oxygen atoms in total. The molecule has 3 rings (SSSR count). The summed E-state index contributed by atoms with van der Waals surface area (Å²) in [4.78, 5) is 22.7. The van der Waals surface area contributed by atoms with E-state index in [0.29, 0.717) is 24.1 Å². The zero-order valence-electron chi connectivity index (χ0n) is 19.8. The summed E-state index contributed by atoms with van der Waals surface area (Å²) >= 11 is 0. The Balaban J connectivity index is 1.88. The van der Waals surface area contributed by atoms with Gasteiger partial charge in [-0.05, 0) is 64.0 Å². The fourth-order valence-corrected chi connectivity index (χ4v) is 4.47. The number of hydrogen-bond acceptors (Lipinski definition) is 6. The van der Waals surface area contributed by atoms with Crippen LogP contribution in [0.3, 0.4) is 0 Å². The molecule has 0 saturated heterocycles. The summed E-state index contributed by atoms with van der Waals surface area (Å²) in [7, 11) is 0. The standard InChI is InChI=1S/C25H34N4O3/c1-6-17-13-19(12-16(5)21(17)10-11-22(30)31)23-27-25(32-28-23)20-14-18(7-2)24(26-15-20)29(8-3)9-4/h12,14-15,17H,6-11,13H2,1-5H3,(H,30,31). The highest BCUT2D eigenvalue weighted by Crippen LogP contribution is 2.38. The van der Waals surface area contributed by atoms with Gasteiger partial charge >= 0.3 is 5.97 Å². The van der Waals surface area contributed by atoms with E-state index in [1.54, 1.807) is 0 Å². The van der Waals surface area contributed by atoms with Gasteiger partial charge in [-0.2, -0.15) is 4.98 Å². The highest BCUT2D eigenvalue weighted by Gasteiger charge is 2.25. The summed E-state index contributed by atoms with van der Waals surface area (Å²) < 4.78 is 5.62. The molecule has 0 amide bonds. The minimum absolute atomic E-state index is 0.162. The lowest BCUT2D eigenvalue weighted by molar-refractivity contribution is -0.136. The molecule has 1 atom stereocenters. The Labute approximate surface area is 190 Å². The van der Waals surface area contributed by atoms with Crippen molar-refractivity contribution in [3.8, 4) is 11.5 Å². The lowest BCUT2D eigenvalue weighted by Crippen LogP contribution is -2.24. The highest BCUT2D eigenvalue weighted by atomic mass is 16.5. The van der Waals surface area contributed by atoms with Crippen molar-refractivity contribution in [2.24, 2.45) is 5.92 Å². The van der Waals surface area contributed by atoms with Gasteiger partial charge in [0.25, 0.3) is 5.89 Å². The Hall–Kier alpha value is -2.96. The van der Waals surface area contributed by atoms with Crippen LogP contribution in [0.5, 0.6) is 0 Å². The number of pyridine rings is 1. The van der Waals surface area contributed by atoms with Crippen LogP contribution in [0.15, 0.2) is 34.0 Å². The molecule has 0 aromatic carbocycles. The van der Waals surface area contributed by atoms with Crippen LogP contribution in [0.2, 0.25) is 0 Å². The van der Waals surface area contributed by atoms with Gasteiger partial charge in [-0.25, -0.2) is 4.98 Å². The molecular formula is C25H34N4O3. The van der Waals surface area contributed by atoms with Gasteiger partial charge in [-0.3, -0.25) is 4.79 Å². The second-order valence-electron chi connectivity index (χ2n) is 8.24. The Morgan fingerprint density at radius 2 is 2.00 bits per heavy atom. The van der Waals surface area contributed by atoms with Crippen molar-refractivity contribution in [1.29, 1.82) is 0 Å². The molecule has 2 aromatic rings. The molecule has 0 bridgehead atoms. The number of carbonyl (C=O) groups is 1. The van der Waals surface area contributed by atoms with Crippen molar-refractivity contribution in [2.45, 2.75) is 66.7 Å². The number of hydrogen-bond donors (Lipinski definition) is 1. The summed E-state index contributed by atoms with van der Waals surface area (Å²) in [5, 5.41) is 13.3. The number of nitrogens with zero attached hydrogens (tertiary/aromatic N) is 4. The molecule has 0 spiro atoms. The third-order valence-electron chi connectivity index (χ3n) is 6.30. The lowest BCUT2D eigenvalue weighted by atomic mass is 9.79. The predicted octanol–water partition coefficient (Wildman–Crippen LogP) is 5.53. The zero-order chi connectivity index (χ0) is 23.3. The van der Waals surface area contributed by atoms with Gasteiger partial charge < -0.3 is 14.5 Å². The third-order valence-corrected chi connectivity index (χ3v) is 6.30.